The van der Waals surface area contributed by atoms with Crippen LogP contribution in [0.2, 0.25) is 0 Å². The summed E-state index contributed by atoms with van der Waals surface area (Å²) in [5.41, 5.74) is 6.67. The third-order valence-corrected chi connectivity index (χ3v) is 11.3. The second kappa shape index (κ2) is 8.03. The molecule has 29 heavy (non-hydrogen) atoms. The molecule has 0 N–H and O–H groups in total. The van der Waals surface area contributed by atoms with Crippen LogP contribution in [0.1, 0.15) is 34.5 Å². The summed E-state index contributed by atoms with van der Waals surface area (Å²) in [7, 11) is 13.3. The van der Waals surface area contributed by atoms with Gasteiger partial charge < -0.3 is 0 Å². The van der Waals surface area contributed by atoms with E-state index in [0.29, 0.717) is 0 Å². The molecule has 0 aliphatic heterocycles. The van der Waals surface area contributed by atoms with Crippen LogP contribution in [0.25, 0.3) is 38.7 Å². The van der Waals surface area contributed by atoms with Gasteiger partial charge >= 0.3 is 188 Å². The van der Waals surface area contributed by atoms with Gasteiger partial charge in [0, 0.05) is 0 Å². The molecule has 0 nitrogen and oxygen atoms in total. The van der Waals surface area contributed by atoms with Crippen LogP contribution in [0, 0.1) is 0 Å². The third kappa shape index (κ3) is 3.32. The Hall–Kier alpha value is -1.40. The van der Waals surface area contributed by atoms with E-state index in [1.165, 1.54) is 49.4 Å². The van der Waals surface area contributed by atoms with Crippen molar-refractivity contribution < 1.29 is 19.4 Å². The molecule has 1 aliphatic carbocycles. The first kappa shape index (κ1) is 19.6. The summed E-state index contributed by atoms with van der Waals surface area (Å²) in [5, 5.41) is 5.18. The van der Waals surface area contributed by atoms with Gasteiger partial charge in [-0.15, -0.1) is 0 Å². The molecule has 0 heterocycles. The van der Waals surface area contributed by atoms with Gasteiger partial charge in [0.15, 0.2) is 0 Å². The molecule has 0 saturated heterocycles. The fraction of sp³-hybridized carbons (Fsp3) is 0.154. The Kier molecular flexibility index (Phi) is 5.42. The van der Waals surface area contributed by atoms with E-state index in [1.54, 1.807) is 0 Å². The number of fused-ring (bicyclic) bond motifs is 4. The SMILES string of the molecule is CCCC1=Cc2c(-c3cc4ccccc4c4ccccc34)cccc2[CH]1[Zr]([Cl])[Cl]. The van der Waals surface area contributed by atoms with Gasteiger partial charge in [-0.25, -0.2) is 0 Å². The van der Waals surface area contributed by atoms with Crippen LogP contribution in [0.5, 0.6) is 0 Å². The Morgan fingerprint density at radius 1 is 0.793 bits per heavy atom. The maximum atomic E-state index is 6.64. The molecule has 1 atom stereocenters. The normalized spacial score (nSPS) is 15.6. The Balaban J connectivity index is 1.82. The fourth-order valence-electron chi connectivity index (χ4n) is 4.74. The van der Waals surface area contributed by atoms with Gasteiger partial charge in [-0.2, -0.15) is 0 Å². The van der Waals surface area contributed by atoms with Crippen molar-refractivity contribution in [3.63, 3.8) is 0 Å². The Labute approximate surface area is 186 Å². The van der Waals surface area contributed by atoms with Crippen LogP contribution in [-0.2, 0) is 19.4 Å². The second-order valence-corrected chi connectivity index (χ2v) is 16.5. The number of hydrogen-bond donors (Lipinski definition) is 0. The Bertz CT molecular complexity index is 1260. The van der Waals surface area contributed by atoms with Crippen molar-refractivity contribution in [1.82, 2.24) is 0 Å². The summed E-state index contributed by atoms with van der Waals surface area (Å²) in [6.45, 7) is 2.23. The summed E-state index contributed by atoms with van der Waals surface area (Å²) in [5.74, 6) is 0. The van der Waals surface area contributed by atoms with E-state index in [2.05, 4.69) is 85.8 Å². The van der Waals surface area contributed by atoms with Crippen molar-refractivity contribution in [3.8, 4) is 11.1 Å². The summed E-state index contributed by atoms with van der Waals surface area (Å²) in [6.07, 6.45) is 4.57. The third-order valence-electron chi connectivity index (χ3n) is 5.97. The van der Waals surface area contributed by atoms with E-state index >= 15 is 0 Å². The van der Waals surface area contributed by atoms with E-state index in [-0.39, 0.29) is 3.63 Å². The van der Waals surface area contributed by atoms with Crippen molar-refractivity contribution in [2.45, 2.75) is 23.4 Å². The number of hydrogen-bond acceptors (Lipinski definition) is 0. The molecular weight excluding hydrogens is 474 g/mol. The summed E-state index contributed by atoms with van der Waals surface area (Å²) in [4.78, 5) is 0. The van der Waals surface area contributed by atoms with Crippen molar-refractivity contribution >= 4 is 44.6 Å². The number of allylic oxidation sites excluding steroid dienone is 1. The van der Waals surface area contributed by atoms with E-state index in [9.17, 15) is 0 Å². The first-order chi connectivity index (χ1) is 14.2. The molecule has 0 radical (unpaired) electrons. The quantitative estimate of drug-likeness (QED) is 0.248. The predicted molar refractivity (Wildman–Crippen MR) is 124 cm³/mol. The molecule has 0 aromatic heterocycles. The molecule has 143 valence electrons. The van der Waals surface area contributed by atoms with Crippen LogP contribution in [-0.4, -0.2) is 0 Å². The molecule has 0 spiro atoms. The number of halogens is 2. The van der Waals surface area contributed by atoms with E-state index in [0.717, 1.165) is 12.8 Å². The van der Waals surface area contributed by atoms with Gasteiger partial charge in [0.2, 0.25) is 0 Å². The molecule has 0 fully saturated rings. The Morgan fingerprint density at radius 3 is 2.28 bits per heavy atom. The molecule has 0 amide bonds. The molecule has 1 unspecified atom stereocenters. The summed E-state index contributed by atoms with van der Waals surface area (Å²) >= 11 is -2.48. The molecular formula is C26H21Cl2Zr. The number of benzene rings is 4. The first-order valence-corrected chi connectivity index (χ1v) is 17.9. The molecule has 4 aromatic rings. The van der Waals surface area contributed by atoms with E-state index in [1.807, 2.05) is 0 Å². The first-order valence-electron chi connectivity index (χ1n) is 10.1. The standard InChI is InChI=1S/C26H21.2ClH.Zr/c1-2-8-18-15-19-10-7-14-24(25(19)16-18)26-17-20-9-3-4-11-21(20)22-12-5-6-13-23(22)26;;;/h3-7,9-17H,2,8H2,1H3;2*1H;/q;;;+2/p-2. The molecule has 3 heteroatoms. The van der Waals surface area contributed by atoms with Gasteiger partial charge in [0.25, 0.3) is 0 Å². The van der Waals surface area contributed by atoms with Gasteiger partial charge in [0.05, 0.1) is 0 Å². The molecule has 5 rings (SSSR count). The predicted octanol–water partition coefficient (Wildman–Crippen LogP) is 8.82. The zero-order valence-corrected chi connectivity index (χ0v) is 20.2. The van der Waals surface area contributed by atoms with Crippen molar-refractivity contribution in [1.29, 1.82) is 0 Å². The van der Waals surface area contributed by atoms with E-state index in [4.69, 9.17) is 17.0 Å². The molecule has 0 bridgehead atoms. The molecule has 0 saturated carbocycles. The summed E-state index contributed by atoms with van der Waals surface area (Å²) in [6, 6.07) is 26.4. The van der Waals surface area contributed by atoms with E-state index < -0.39 is 19.4 Å². The zero-order valence-electron chi connectivity index (χ0n) is 16.3. The van der Waals surface area contributed by atoms with Crippen molar-refractivity contribution in [2.75, 3.05) is 0 Å². The average Bonchev–Trinajstić information content (AvgIpc) is 3.12. The van der Waals surface area contributed by atoms with Crippen molar-refractivity contribution in [3.05, 3.63) is 89.5 Å². The molecule has 1 aliphatic rings. The monoisotopic (exact) mass is 493 g/mol. The van der Waals surface area contributed by atoms with Crippen LogP contribution in [0.4, 0.5) is 0 Å². The van der Waals surface area contributed by atoms with Crippen molar-refractivity contribution in [2.24, 2.45) is 0 Å². The average molecular weight is 496 g/mol. The fourth-order valence-corrected chi connectivity index (χ4v) is 10.2. The van der Waals surface area contributed by atoms with Crippen LogP contribution in [0.3, 0.4) is 0 Å². The van der Waals surface area contributed by atoms with Gasteiger partial charge in [-0.3, -0.25) is 0 Å². The van der Waals surface area contributed by atoms with Gasteiger partial charge in [-0.05, 0) is 0 Å². The maximum absolute atomic E-state index is 6.64. The summed E-state index contributed by atoms with van der Waals surface area (Å²) < 4.78 is 0.280. The minimum atomic E-state index is -2.48. The minimum absolute atomic E-state index is 0.280. The molecule has 4 aromatic carbocycles. The van der Waals surface area contributed by atoms with Crippen LogP contribution < -0.4 is 0 Å². The van der Waals surface area contributed by atoms with Gasteiger partial charge in [0.1, 0.15) is 0 Å². The van der Waals surface area contributed by atoms with Gasteiger partial charge in [-0.1, -0.05) is 0 Å². The Morgan fingerprint density at radius 2 is 1.52 bits per heavy atom. The second-order valence-electron chi connectivity index (χ2n) is 7.69. The number of rotatable bonds is 4. The van der Waals surface area contributed by atoms with Crippen LogP contribution in [0.15, 0.2) is 78.4 Å². The topological polar surface area (TPSA) is 0 Å². The zero-order chi connectivity index (χ0) is 20.0. The van der Waals surface area contributed by atoms with Crippen LogP contribution >= 0.6 is 17.0 Å².